The van der Waals surface area contributed by atoms with Crippen molar-refractivity contribution in [2.24, 2.45) is 0 Å². The van der Waals surface area contributed by atoms with Gasteiger partial charge in [-0.25, -0.2) is 0 Å². The van der Waals surface area contributed by atoms with Crippen molar-refractivity contribution in [3.63, 3.8) is 0 Å². The van der Waals surface area contributed by atoms with Gasteiger partial charge in [0.25, 0.3) is 5.91 Å². The highest BCUT2D eigenvalue weighted by molar-refractivity contribution is 5.95. The Kier molecular flexibility index (Phi) is 4.56. The van der Waals surface area contributed by atoms with Gasteiger partial charge >= 0.3 is 6.18 Å². The number of anilines is 1. The summed E-state index contributed by atoms with van der Waals surface area (Å²) >= 11 is 0. The van der Waals surface area contributed by atoms with E-state index in [0.717, 1.165) is 30.4 Å². The number of carbonyl (C=O) groups is 2. The summed E-state index contributed by atoms with van der Waals surface area (Å²) in [5.41, 5.74) is -0.152. The summed E-state index contributed by atoms with van der Waals surface area (Å²) in [7, 11) is 0. The predicted molar refractivity (Wildman–Crippen MR) is 92.6 cm³/mol. The fourth-order valence-corrected chi connectivity index (χ4v) is 3.60. The monoisotopic (exact) mass is 393 g/mol. The molecule has 2 fully saturated rings. The van der Waals surface area contributed by atoms with E-state index in [-0.39, 0.29) is 23.4 Å². The van der Waals surface area contributed by atoms with E-state index in [9.17, 15) is 22.8 Å². The summed E-state index contributed by atoms with van der Waals surface area (Å²) in [4.78, 5) is 31.0. The van der Waals surface area contributed by atoms with Gasteiger partial charge in [0.1, 0.15) is 5.69 Å². The van der Waals surface area contributed by atoms with Gasteiger partial charge in [-0.3, -0.25) is 19.3 Å². The minimum absolute atomic E-state index is 0.0437. The molecule has 148 valence electrons. The molecule has 10 heteroatoms. The molecule has 0 aromatic carbocycles. The molecule has 2 aromatic heterocycles. The van der Waals surface area contributed by atoms with Crippen molar-refractivity contribution in [1.29, 1.82) is 0 Å². The van der Waals surface area contributed by atoms with Crippen molar-refractivity contribution >= 4 is 17.5 Å². The van der Waals surface area contributed by atoms with Crippen LogP contribution in [0, 0.1) is 0 Å². The average Bonchev–Trinajstić information content (AvgIpc) is 3.40. The number of hydrogen-bond acceptors (Lipinski definition) is 4. The minimum atomic E-state index is -4.53. The third-order valence-corrected chi connectivity index (χ3v) is 5.10. The number of pyridine rings is 1. The van der Waals surface area contributed by atoms with Crippen molar-refractivity contribution in [1.82, 2.24) is 19.7 Å². The lowest BCUT2D eigenvalue weighted by Crippen LogP contribution is -2.29. The maximum Gasteiger partial charge on any atom is 0.433 e. The summed E-state index contributed by atoms with van der Waals surface area (Å²) in [6, 6.07) is 1.92. The van der Waals surface area contributed by atoms with E-state index in [2.05, 4.69) is 10.1 Å². The summed E-state index contributed by atoms with van der Waals surface area (Å²) in [6.07, 6.45) is 1.93. The highest BCUT2D eigenvalue weighted by atomic mass is 19.4. The largest absolute Gasteiger partial charge is 0.433 e. The first-order valence-electron chi connectivity index (χ1n) is 9.00. The predicted octanol–water partition coefficient (Wildman–Crippen LogP) is 2.51. The fraction of sp³-hybridized carbons (Fsp3) is 0.444. The van der Waals surface area contributed by atoms with Crippen molar-refractivity contribution < 1.29 is 22.8 Å². The molecule has 0 spiro atoms. The SMILES string of the molecule is O=C(c1ccc(C(F)(F)F)nc1)N1CCC(n2cc(N3CCCC3=O)cn2)C1. The highest BCUT2D eigenvalue weighted by Crippen LogP contribution is 2.29. The van der Waals surface area contributed by atoms with E-state index in [1.54, 1.807) is 20.7 Å². The van der Waals surface area contributed by atoms with Gasteiger partial charge in [-0.2, -0.15) is 18.3 Å². The second-order valence-electron chi connectivity index (χ2n) is 6.95. The molecule has 2 saturated heterocycles. The van der Waals surface area contributed by atoms with E-state index in [0.29, 0.717) is 32.5 Å². The summed E-state index contributed by atoms with van der Waals surface area (Å²) < 4.78 is 39.6. The molecule has 0 saturated carbocycles. The Bertz CT molecular complexity index is 893. The van der Waals surface area contributed by atoms with Gasteiger partial charge in [-0.1, -0.05) is 0 Å². The van der Waals surface area contributed by atoms with Crippen LogP contribution in [0.25, 0.3) is 0 Å². The highest BCUT2D eigenvalue weighted by Gasteiger charge is 2.33. The number of rotatable bonds is 3. The Hall–Kier alpha value is -2.91. The van der Waals surface area contributed by atoms with Crippen LogP contribution in [0.1, 0.15) is 41.4 Å². The van der Waals surface area contributed by atoms with Crippen LogP contribution < -0.4 is 4.90 Å². The van der Waals surface area contributed by atoms with Crippen LogP contribution in [0.15, 0.2) is 30.7 Å². The number of likely N-dealkylation sites (tertiary alicyclic amines) is 1. The molecule has 0 bridgehead atoms. The zero-order valence-electron chi connectivity index (χ0n) is 14.9. The Morgan fingerprint density at radius 2 is 2.00 bits per heavy atom. The molecule has 0 radical (unpaired) electrons. The van der Waals surface area contributed by atoms with E-state index < -0.39 is 11.9 Å². The van der Waals surface area contributed by atoms with Crippen LogP contribution in [-0.4, -0.2) is 51.1 Å². The zero-order chi connectivity index (χ0) is 19.9. The van der Waals surface area contributed by atoms with Crippen LogP contribution in [0.5, 0.6) is 0 Å². The van der Waals surface area contributed by atoms with Gasteiger partial charge in [0, 0.05) is 38.4 Å². The second-order valence-corrected chi connectivity index (χ2v) is 6.95. The number of alkyl halides is 3. The maximum atomic E-state index is 12.6. The molecule has 2 aliphatic heterocycles. The standard InChI is InChI=1S/C18H18F3N5O2/c19-18(20,21)15-4-3-12(8-22-15)17(28)24-7-5-13(10-24)26-11-14(9-23-26)25-6-1-2-16(25)27/h3-4,8-9,11,13H,1-2,5-7,10H2. The molecule has 28 heavy (non-hydrogen) atoms. The number of amides is 2. The molecular weight excluding hydrogens is 375 g/mol. The molecule has 0 N–H and O–H groups in total. The first-order chi connectivity index (χ1) is 13.3. The van der Waals surface area contributed by atoms with Crippen LogP contribution in [0.2, 0.25) is 0 Å². The third-order valence-electron chi connectivity index (χ3n) is 5.10. The summed E-state index contributed by atoms with van der Waals surface area (Å²) in [5, 5.41) is 4.33. The van der Waals surface area contributed by atoms with Crippen molar-refractivity contribution in [2.75, 3.05) is 24.5 Å². The number of aromatic nitrogens is 3. The molecule has 4 heterocycles. The van der Waals surface area contributed by atoms with Crippen LogP contribution in [-0.2, 0) is 11.0 Å². The molecule has 2 aliphatic rings. The summed E-state index contributed by atoms with van der Waals surface area (Å²) in [5.74, 6) is -0.275. The van der Waals surface area contributed by atoms with Gasteiger partial charge in [0.2, 0.25) is 5.91 Å². The Balaban J connectivity index is 1.42. The number of carbonyl (C=O) groups excluding carboxylic acids is 2. The topological polar surface area (TPSA) is 71.3 Å². The zero-order valence-corrected chi connectivity index (χ0v) is 14.9. The van der Waals surface area contributed by atoms with E-state index in [1.807, 2.05) is 6.20 Å². The first kappa shape index (κ1) is 18.5. The lowest BCUT2D eigenvalue weighted by atomic mass is 10.2. The van der Waals surface area contributed by atoms with Crippen molar-refractivity contribution in [3.8, 4) is 0 Å². The van der Waals surface area contributed by atoms with Gasteiger partial charge in [0.05, 0.1) is 23.5 Å². The molecule has 2 aromatic rings. The lowest BCUT2D eigenvalue weighted by molar-refractivity contribution is -0.141. The second kappa shape index (κ2) is 6.92. The first-order valence-corrected chi connectivity index (χ1v) is 9.00. The minimum Gasteiger partial charge on any atom is -0.336 e. The van der Waals surface area contributed by atoms with Gasteiger partial charge in [0.15, 0.2) is 0 Å². The quantitative estimate of drug-likeness (QED) is 0.804. The summed E-state index contributed by atoms with van der Waals surface area (Å²) in [6.45, 7) is 1.55. The Morgan fingerprint density at radius 1 is 1.18 bits per heavy atom. The molecule has 1 atom stereocenters. The van der Waals surface area contributed by atoms with Gasteiger partial charge in [-0.15, -0.1) is 0 Å². The molecule has 4 rings (SSSR count). The molecule has 2 amide bonds. The van der Waals surface area contributed by atoms with E-state index >= 15 is 0 Å². The lowest BCUT2D eigenvalue weighted by Gasteiger charge is -2.17. The fourth-order valence-electron chi connectivity index (χ4n) is 3.60. The smallest absolute Gasteiger partial charge is 0.336 e. The molecule has 0 aliphatic carbocycles. The van der Waals surface area contributed by atoms with Crippen molar-refractivity contribution in [3.05, 3.63) is 42.0 Å². The number of halogens is 3. The molecule has 7 nitrogen and oxygen atoms in total. The number of nitrogens with zero attached hydrogens (tertiary/aromatic N) is 5. The van der Waals surface area contributed by atoms with E-state index in [4.69, 9.17) is 0 Å². The van der Waals surface area contributed by atoms with Crippen LogP contribution >= 0.6 is 0 Å². The van der Waals surface area contributed by atoms with Crippen LogP contribution in [0.4, 0.5) is 18.9 Å². The van der Waals surface area contributed by atoms with Crippen LogP contribution in [0.3, 0.4) is 0 Å². The Labute approximate surface area is 158 Å². The molecular formula is C18H18F3N5O2. The normalized spacial score (nSPS) is 20.2. The number of hydrogen-bond donors (Lipinski definition) is 0. The van der Waals surface area contributed by atoms with Gasteiger partial charge in [-0.05, 0) is 25.0 Å². The van der Waals surface area contributed by atoms with Crippen molar-refractivity contribution in [2.45, 2.75) is 31.5 Å². The van der Waals surface area contributed by atoms with Gasteiger partial charge < -0.3 is 9.80 Å². The Morgan fingerprint density at radius 3 is 2.64 bits per heavy atom. The third kappa shape index (κ3) is 3.46. The average molecular weight is 393 g/mol. The molecule has 1 unspecified atom stereocenters. The van der Waals surface area contributed by atoms with E-state index in [1.165, 1.54) is 0 Å². The maximum absolute atomic E-state index is 12.6.